The molecule has 1 saturated carbocycles. The SMILES string of the molecule is CN1CCC(N(C)C(=O)c2ccc(Nc3ncc(C(F)(F)F)c(NC4CCC4)n3)cc2)CC1. The van der Waals surface area contributed by atoms with Crippen LogP contribution in [-0.4, -0.2) is 64.9 Å². The van der Waals surface area contributed by atoms with Crippen molar-refractivity contribution in [2.45, 2.75) is 50.4 Å². The van der Waals surface area contributed by atoms with Crippen molar-refractivity contribution in [3.05, 3.63) is 41.6 Å². The summed E-state index contributed by atoms with van der Waals surface area (Å²) in [6, 6.07) is 7.03. The number of aromatic nitrogens is 2. The van der Waals surface area contributed by atoms with Crippen LogP contribution in [0, 0.1) is 0 Å². The van der Waals surface area contributed by atoms with Crippen LogP contribution in [-0.2, 0) is 6.18 Å². The normalized spacial score (nSPS) is 18.0. The number of likely N-dealkylation sites (tertiary alicyclic amines) is 1. The zero-order chi connectivity index (χ0) is 23.6. The van der Waals surface area contributed by atoms with Crippen molar-refractivity contribution in [1.29, 1.82) is 0 Å². The molecule has 7 nitrogen and oxygen atoms in total. The predicted molar refractivity (Wildman–Crippen MR) is 121 cm³/mol. The van der Waals surface area contributed by atoms with Crippen molar-refractivity contribution < 1.29 is 18.0 Å². The molecular weight excluding hydrogens is 433 g/mol. The molecule has 2 fully saturated rings. The number of carbonyl (C=O) groups excluding carboxylic acids is 1. The Bertz CT molecular complexity index is 969. The maximum atomic E-state index is 13.3. The van der Waals surface area contributed by atoms with E-state index < -0.39 is 11.7 Å². The van der Waals surface area contributed by atoms with Crippen LogP contribution < -0.4 is 10.6 Å². The van der Waals surface area contributed by atoms with Gasteiger partial charge in [0, 0.05) is 36.6 Å². The van der Waals surface area contributed by atoms with E-state index in [-0.39, 0.29) is 29.8 Å². The van der Waals surface area contributed by atoms with Crippen LogP contribution in [0.4, 0.5) is 30.6 Å². The van der Waals surface area contributed by atoms with E-state index in [1.54, 1.807) is 29.2 Å². The molecule has 1 aliphatic heterocycles. The van der Waals surface area contributed by atoms with Gasteiger partial charge in [-0.2, -0.15) is 18.2 Å². The molecule has 33 heavy (non-hydrogen) atoms. The number of amides is 1. The molecule has 1 aromatic carbocycles. The monoisotopic (exact) mass is 462 g/mol. The first-order valence-corrected chi connectivity index (χ1v) is 11.2. The molecule has 1 aromatic heterocycles. The third-order valence-electron chi connectivity index (χ3n) is 6.48. The quantitative estimate of drug-likeness (QED) is 0.664. The Morgan fingerprint density at radius 3 is 2.36 bits per heavy atom. The van der Waals surface area contributed by atoms with Gasteiger partial charge in [0.25, 0.3) is 5.91 Å². The smallest absolute Gasteiger partial charge is 0.367 e. The lowest BCUT2D eigenvalue weighted by atomic mass is 9.93. The van der Waals surface area contributed by atoms with Gasteiger partial charge in [0.15, 0.2) is 0 Å². The molecule has 0 unspecified atom stereocenters. The summed E-state index contributed by atoms with van der Waals surface area (Å²) in [6.45, 7) is 1.94. The number of piperidine rings is 1. The first-order chi connectivity index (χ1) is 15.7. The topological polar surface area (TPSA) is 73.4 Å². The van der Waals surface area contributed by atoms with Crippen molar-refractivity contribution in [2.75, 3.05) is 37.8 Å². The number of halogens is 3. The van der Waals surface area contributed by atoms with Crippen molar-refractivity contribution >= 4 is 23.4 Å². The summed E-state index contributed by atoms with van der Waals surface area (Å²) < 4.78 is 40.0. The fourth-order valence-corrected chi connectivity index (χ4v) is 4.08. The molecule has 0 atom stereocenters. The maximum absolute atomic E-state index is 13.3. The van der Waals surface area contributed by atoms with Gasteiger partial charge < -0.3 is 20.4 Å². The predicted octanol–water partition coefficient (Wildman–Crippen LogP) is 4.37. The standard InChI is InChI=1S/C23H29F3N6O/c1-31-12-10-18(11-13-31)32(2)21(33)15-6-8-17(9-7-15)29-22-27-14-19(23(24,25)26)20(30-22)28-16-4-3-5-16/h6-9,14,16,18H,3-5,10-13H2,1-2H3,(H2,27,28,29,30). The van der Waals surface area contributed by atoms with E-state index in [2.05, 4.69) is 32.5 Å². The lowest BCUT2D eigenvalue weighted by molar-refractivity contribution is -0.137. The van der Waals surface area contributed by atoms with E-state index in [0.29, 0.717) is 11.3 Å². The Morgan fingerprint density at radius 1 is 1.12 bits per heavy atom. The van der Waals surface area contributed by atoms with Crippen LogP contribution in [0.2, 0.25) is 0 Å². The average molecular weight is 463 g/mol. The lowest BCUT2D eigenvalue weighted by Gasteiger charge is -2.35. The highest BCUT2D eigenvalue weighted by Gasteiger charge is 2.36. The van der Waals surface area contributed by atoms with Crippen molar-refractivity contribution in [3.63, 3.8) is 0 Å². The van der Waals surface area contributed by atoms with E-state index in [1.807, 2.05) is 7.05 Å². The average Bonchev–Trinajstić information content (AvgIpc) is 2.76. The second kappa shape index (κ2) is 9.54. The molecule has 0 bridgehead atoms. The van der Waals surface area contributed by atoms with Crippen LogP contribution in [0.25, 0.3) is 0 Å². The Kier molecular flexibility index (Phi) is 6.73. The molecule has 2 N–H and O–H groups in total. The summed E-state index contributed by atoms with van der Waals surface area (Å²) in [5.74, 6) is -0.197. The Hall–Kier alpha value is -2.88. The number of benzene rings is 1. The minimum Gasteiger partial charge on any atom is -0.367 e. The molecule has 2 aliphatic rings. The number of carbonyl (C=O) groups is 1. The minimum absolute atomic E-state index is 0.000647. The van der Waals surface area contributed by atoms with Crippen molar-refractivity contribution in [1.82, 2.24) is 19.8 Å². The Morgan fingerprint density at radius 2 is 1.79 bits per heavy atom. The number of nitrogens with one attached hydrogen (secondary N) is 2. The summed E-state index contributed by atoms with van der Waals surface area (Å²) in [5.41, 5.74) is 0.267. The van der Waals surface area contributed by atoms with Crippen LogP contribution >= 0.6 is 0 Å². The third-order valence-corrected chi connectivity index (χ3v) is 6.48. The van der Waals surface area contributed by atoms with E-state index in [9.17, 15) is 18.0 Å². The molecule has 1 aliphatic carbocycles. The molecule has 1 amide bonds. The Balaban J connectivity index is 1.44. The fourth-order valence-electron chi connectivity index (χ4n) is 4.08. The van der Waals surface area contributed by atoms with Gasteiger partial charge in [0.2, 0.25) is 5.95 Å². The zero-order valence-corrected chi connectivity index (χ0v) is 18.8. The first kappa shape index (κ1) is 23.3. The third kappa shape index (κ3) is 5.55. The molecule has 4 rings (SSSR count). The summed E-state index contributed by atoms with van der Waals surface area (Å²) in [5, 5.41) is 5.82. The highest BCUT2D eigenvalue weighted by atomic mass is 19.4. The number of hydrogen-bond donors (Lipinski definition) is 2. The number of alkyl halides is 3. The van der Waals surface area contributed by atoms with E-state index >= 15 is 0 Å². The van der Waals surface area contributed by atoms with Crippen molar-refractivity contribution in [2.24, 2.45) is 0 Å². The van der Waals surface area contributed by atoms with Crippen LogP contribution in [0.3, 0.4) is 0 Å². The molecule has 10 heteroatoms. The van der Waals surface area contributed by atoms with E-state index in [0.717, 1.165) is 51.4 Å². The highest BCUT2D eigenvalue weighted by molar-refractivity contribution is 5.94. The molecule has 2 heterocycles. The second-order valence-corrected chi connectivity index (χ2v) is 8.88. The summed E-state index contributed by atoms with van der Waals surface area (Å²) in [4.78, 5) is 24.8. The van der Waals surface area contributed by atoms with Crippen LogP contribution in [0.15, 0.2) is 30.5 Å². The summed E-state index contributed by atoms with van der Waals surface area (Å²) in [6.07, 6.45) is 0.795. The van der Waals surface area contributed by atoms with Crippen molar-refractivity contribution in [3.8, 4) is 0 Å². The number of rotatable bonds is 6. The molecule has 2 aromatic rings. The van der Waals surface area contributed by atoms with Gasteiger partial charge in [-0.05, 0) is 76.5 Å². The molecule has 0 spiro atoms. The van der Waals surface area contributed by atoms with Gasteiger partial charge in [-0.25, -0.2) is 4.98 Å². The number of nitrogens with zero attached hydrogens (tertiary/aromatic N) is 4. The minimum atomic E-state index is -4.54. The zero-order valence-electron chi connectivity index (χ0n) is 18.8. The maximum Gasteiger partial charge on any atom is 0.421 e. The van der Waals surface area contributed by atoms with Gasteiger partial charge in [0.05, 0.1) is 0 Å². The first-order valence-electron chi connectivity index (χ1n) is 11.2. The van der Waals surface area contributed by atoms with Gasteiger partial charge in [-0.3, -0.25) is 4.79 Å². The van der Waals surface area contributed by atoms with E-state index in [4.69, 9.17) is 0 Å². The van der Waals surface area contributed by atoms with Crippen LogP contribution in [0.5, 0.6) is 0 Å². The fraction of sp³-hybridized carbons (Fsp3) is 0.522. The second-order valence-electron chi connectivity index (χ2n) is 8.88. The van der Waals surface area contributed by atoms with Gasteiger partial charge in [0.1, 0.15) is 11.4 Å². The molecule has 1 saturated heterocycles. The lowest BCUT2D eigenvalue weighted by Crippen LogP contribution is -2.44. The summed E-state index contributed by atoms with van der Waals surface area (Å²) >= 11 is 0. The molecular formula is C23H29F3N6O. The summed E-state index contributed by atoms with van der Waals surface area (Å²) in [7, 11) is 3.91. The number of hydrogen-bond acceptors (Lipinski definition) is 6. The largest absolute Gasteiger partial charge is 0.421 e. The van der Waals surface area contributed by atoms with Crippen LogP contribution in [0.1, 0.15) is 48.0 Å². The highest BCUT2D eigenvalue weighted by Crippen LogP contribution is 2.35. The molecule has 0 radical (unpaired) electrons. The van der Waals surface area contributed by atoms with Gasteiger partial charge in [-0.1, -0.05) is 0 Å². The number of anilines is 3. The Labute approximate surface area is 191 Å². The van der Waals surface area contributed by atoms with Gasteiger partial charge >= 0.3 is 6.18 Å². The van der Waals surface area contributed by atoms with E-state index in [1.165, 1.54) is 0 Å². The van der Waals surface area contributed by atoms with Gasteiger partial charge in [-0.15, -0.1) is 0 Å². The molecule has 178 valence electrons.